The summed E-state index contributed by atoms with van der Waals surface area (Å²) in [5, 5.41) is 8.74. The zero-order valence-corrected chi connectivity index (χ0v) is 9.15. The van der Waals surface area contributed by atoms with Crippen molar-refractivity contribution in [2.24, 2.45) is 0 Å². The summed E-state index contributed by atoms with van der Waals surface area (Å²) >= 11 is 2.29. The van der Waals surface area contributed by atoms with E-state index in [0.29, 0.717) is 6.54 Å². The van der Waals surface area contributed by atoms with Crippen LogP contribution in [0.15, 0.2) is 24.3 Å². The first-order valence-corrected chi connectivity index (χ1v) is 4.90. The van der Waals surface area contributed by atoms with Gasteiger partial charge in [0.15, 0.2) is 0 Å². The number of likely N-dealkylation sites (N-methyl/N-ethyl adjacent to an activating group) is 1. The fourth-order valence-electron chi connectivity index (χ4n) is 1.03. The smallest absolute Gasteiger partial charge is 0.0606 e. The molecule has 0 aromatic heterocycles. The Hall–Kier alpha value is -0.290. The normalized spacial score (nSPS) is 9.92. The highest BCUT2D eigenvalue weighted by atomic mass is 127. The van der Waals surface area contributed by atoms with Crippen molar-refractivity contribution in [3.63, 3.8) is 0 Å². The molecule has 0 radical (unpaired) electrons. The van der Waals surface area contributed by atoms with Crippen LogP contribution in [0.2, 0.25) is 0 Å². The van der Waals surface area contributed by atoms with E-state index in [4.69, 9.17) is 5.11 Å². The number of benzene rings is 1. The molecule has 0 aliphatic heterocycles. The van der Waals surface area contributed by atoms with Crippen LogP contribution in [0.4, 0.5) is 5.69 Å². The Morgan fingerprint density at radius 2 is 2.08 bits per heavy atom. The van der Waals surface area contributed by atoms with Crippen LogP contribution in [0.25, 0.3) is 0 Å². The first-order valence-electron chi connectivity index (χ1n) is 3.82. The molecule has 0 fully saturated rings. The Balaban J connectivity index is 2.79. The maximum Gasteiger partial charge on any atom is 0.0606 e. The van der Waals surface area contributed by atoms with Crippen molar-refractivity contribution in [1.82, 2.24) is 0 Å². The van der Waals surface area contributed by atoms with Gasteiger partial charge < -0.3 is 10.0 Å². The van der Waals surface area contributed by atoms with Crippen LogP contribution >= 0.6 is 22.6 Å². The molecular formula is C9H12INO. The summed E-state index contributed by atoms with van der Waals surface area (Å²) in [5.74, 6) is 0. The van der Waals surface area contributed by atoms with Gasteiger partial charge in [0.25, 0.3) is 0 Å². The van der Waals surface area contributed by atoms with E-state index in [0.717, 1.165) is 0 Å². The van der Waals surface area contributed by atoms with Gasteiger partial charge in [-0.1, -0.05) is 12.1 Å². The van der Waals surface area contributed by atoms with Gasteiger partial charge in [-0.15, -0.1) is 0 Å². The summed E-state index contributed by atoms with van der Waals surface area (Å²) < 4.78 is 1.21. The molecule has 0 heterocycles. The van der Waals surface area contributed by atoms with Crippen molar-refractivity contribution in [2.45, 2.75) is 0 Å². The Bertz CT molecular complexity index is 252. The standard InChI is InChI=1S/C9H12INO/c1-11(6-7-12)9-5-3-2-4-8(9)10/h2-5,12H,6-7H2,1H3. The lowest BCUT2D eigenvalue weighted by Gasteiger charge is -2.18. The molecule has 0 saturated heterocycles. The van der Waals surface area contributed by atoms with E-state index in [1.54, 1.807) is 0 Å². The number of anilines is 1. The molecule has 0 aliphatic carbocycles. The van der Waals surface area contributed by atoms with Crippen LogP contribution in [-0.2, 0) is 0 Å². The maximum atomic E-state index is 8.74. The number of hydrogen-bond acceptors (Lipinski definition) is 2. The molecule has 12 heavy (non-hydrogen) atoms. The van der Waals surface area contributed by atoms with E-state index in [9.17, 15) is 0 Å². The van der Waals surface area contributed by atoms with Crippen molar-refractivity contribution in [1.29, 1.82) is 0 Å². The molecule has 2 nitrogen and oxygen atoms in total. The number of aliphatic hydroxyl groups excluding tert-OH is 1. The number of rotatable bonds is 3. The molecule has 1 aromatic carbocycles. The van der Waals surface area contributed by atoms with Gasteiger partial charge in [0.2, 0.25) is 0 Å². The molecule has 3 heteroatoms. The Morgan fingerprint density at radius 3 is 2.67 bits per heavy atom. The van der Waals surface area contributed by atoms with Crippen molar-refractivity contribution in [2.75, 3.05) is 25.1 Å². The van der Waals surface area contributed by atoms with Gasteiger partial charge in [0.05, 0.1) is 6.61 Å². The highest BCUT2D eigenvalue weighted by Gasteiger charge is 2.02. The van der Waals surface area contributed by atoms with Crippen molar-refractivity contribution in [3.8, 4) is 0 Å². The minimum absolute atomic E-state index is 0.196. The van der Waals surface area contributed by atoms with E-state index < -0.39 is 0 Å². The van der Waals surface area contributed by atoms with Gasteiger partial charge >= 0.3 is 0 Å². The third kappa shape index (κ3) is 2.35. The van der Waals surface area contributed by atoms with Gasteiger partial charge in [0.1, 0.15) is 0 Å². The Morgan fingerprint density at radius 1 is 1.42 bits per heavy atom. The number of hydrogen-bond donors (Lipinski definition) is 1. The average molecular weight is 277 g/mol. The van der Waals surface area contributed by atoms with Crippen molar-refractivity contribution >= 4 is 28.3 Å². The summed E-state index contributed by atoms with van der Waals surface area (Å²) in [4.78, 5) is 2.04. The quantitative estimate of drug-likeness (QED) is 0.850. The molecule has 1 aromatic rings. The molecule has 0 aliphatic rings. The van der Waals surface area contributed by atoms with Crippen LogP contribution < -0.4 is 4.90 Å². The van der Waals surface area contributed by atoms with Crippen molar-refractivity contribution in [3.05, 3.63) is 27.8 Å². The molecule has 1 rings (SSSR count). The zero-order chi connectivity index (χ0) is 8.97. The highest BCUT2D eigenvalue weighted by Crippen LogP contribution is 2.19. The fourth-order valence-corrected chi connectivity index (χ4v) is 1.83. The molecule has 1 N–H and O–H groups in total. The average Bonchev–Trinajstić information content (AvgIpc) is 2.05. The SMILES string of the molecule is CN(CCO)c1ccccc1I. The predicted octanol–water partition coefficient (Wildman–Crippen LogP) is 1.72. The molecule has 0 atom stereocenters. The lowest BCUT2D eigenvalue weighted by molar-refractivity contribution is 0.304. The van der Waals surface area contributed by atoms with E-state index in [-0.39, 0.29) is 6.61 Å². The minimum atomic E-state index is 0.196. The van der Waals surface area contributed by atoms with Crippen LogP contribution in [0.5, 0.6) is 0 Å². The maximum absolute atomic E-state index is 8.74. The van der Waals surface area contributed by atoms with Crippen LogP contribution in [0.3, 0.4) is 0 Å². The summed E-state index contributed by atoms with van der Waals surface area (Å²) in [6.07, 6.45) is 0. The summed E-state index contributed by atoms with van der Waals surface area (Å²) in [6.45, 7) is 0.876. The first-order chi connectivity index (χ1) is 5.75. The monoisotopic (exact) mass is 277 g/mol. The second-order valence-corrected chi connectivity index (χ2v) is 3.76. The van der Waals surface area contributed by atoms with E-state index in [2.05, 4.69) is 34.7 Å². The molecule has 0 amide bonds. The Labute approximate surface area is 86.3 Å². The number of nitrogens with zero attached hydrogens (tertiary/aromatic N) is 1. The molecule has 0 spiro atoms. The second kappa shape index (κ2) is 4.67. The van der Waals surface area contributed by atoms with E-state index >= 15 is 0 Å². The number of para-hydroxylation sites is 1. The number of aliphatic hydroxyl groups is 1. The molecular weight excluding hydrogens is 265 g/mol. The van der Waals surface area contributed by atoms with Gasteiger partial charge in [-0.25, -0.2) is 0 Å². The van der Waals surface area contributed by atoms with Gasteiger partial charge in [-0.05, 0) is 34.7 Å². The van der Waals surface area contributed by atoms with Gasteiger partial charge in [-0.3, -0.25) is 0 Å². The van der Waals surface area contributed by atoms with Crippen LogP contribution in [0.1, 0.15) is 0 Å². The third-order valence-electron chi connectivity index (χ3n) is 1.70. The molecule has 66 valence electrons. The zero-order valence-electron chi connectivity index (χ0n) is 7.00. The largest absolute Gasteiger partial charge is 0.395 e. The summed E-state index contributed by atoms with van der Waals surface area (Å²) in [6, 6.07) is 8.13. The van der Waals surface area contributed by atoms with E-state index in [1.807, 2.05) is 24.1 Å². The lowest BCUT2D eigenvalue weighted by Crippen LogP contribution is -2.21. The van der Waals surface area contributed by atoms with Crippen LogP contribution in [-0.4, -0.2) is 25.3 Å². The van der Waals surface area contributed by atoms with Crippen LogP contribution in [0, 0.1) is 3.57 Å². The van der Waals surface area contributed by atoms with Crippen molar-refractivity contribution < 1.29 is 5.11 Å². The summed E-state index contributed by atoms with van der Waals surface area (Å²) in [7, 11) is 1.98. The third-order valence-corrected chi connectivity index (χ3v) is 2.61. The minimum Gasteiger partial charge on any atom is -0.395 e. The first kappa shape index (κ1) is 9.80. The fraction of sp³-hybridized carbons (Fsp3) is 0.333. The van der Waals surface area contributed by atoms with Gasteiger partial charge in [-0.2, -0.15) is 0 Å². The second-order valence-electron chi connectivity index (χ2n) is 2.60. The van der Waals surface area contributed by atoms with Gasteiger partial charge in [0, 0.05) is 22.8 Å². The van der Waals surface area contributed by atoms with E-state index in [1.165, 1.54) is 9.26 Å². The molecule has 0 unspecified atom stereocenters. The highest BCUT2D eigenvalue weighted by molar-refractivity contribution is 14.1. The lowest BCUT2D eigenvalue weighted by atomic mass is 10.3. The number of halogens is 1. The predicted molar refractivity (Wildman–Crippen MR) is 59.5 cm³/mol. The topological polar surface area (TPSA) is 23.5 Å². The molecule has 0 saturated carbocycles. The molecule has 0 bridgehead atoms. The summed E-state index contributed by atoms with van der Waals surface area (Å²) in [5.41, 5.74) is 1.17. The Kier molecular flexibility index (Phi) is 3.81.